The molecule has 5 rings (SSSR count). The van der Waals surface area contributed by atoms with Crippen LogP contribution >= 0.6 is 0 Å². The molecule has 0 bridgehead atoms. The second-order valence-electron chi connectivity index (χ2n) is 8.73. The van der Waals surface area contributed by atoms with Gasteiger partial charge in [0.2, 0.25) is 0 Å². The van der Waals surface area contributed by atoms with Gasteiger partial charge in [-0.15, -0.1) is 0 Å². The van der Waals surface area contributed by atoms with E-state index >= 15 is 0 Å². The number of piperidine rings is 1. The number of rotatable bonds is 5. The van der Waals surface area contributed by atoms with Crippen molar-refractivity contribution in [2.75, 3.05) is 13.2 Å². The average molecular weight is 503 g/mol. The zero-order valence-electron chi connectivity index (χ0n) is 18.9. The van der Waals surface area contributed by atoms with Crippen molar-refractivity contribution in [3.05, 3.63) is 77.4 Å². The van der Waals surface area contributed by atoms with Crippen molar-refractivity contribution in [2.24, 2.45) is 5.16 Å². The van der Waals surface area contributed by atoms with Crippen molar-refractivity contribution in [3.8, 4) is 5.69 Å². The molecule has 8 nitrogen and oxygen atoms in total. The SMILES string of the molecule is Cc1cn(-c2ccc(C3=NOCC4C(S(=O)(=O)c5cc(F)cc(F)c5)CCCN34)cc2CO)cn1. The summed E-state index contributed by atoms with van der Waals surface area (Å²) < 4.78 is 56.2. The van der Waals surface area contributed by atoms with Crippen LogP contribution in [0.1, 0.15) is 29.7 Å². The van der Waals surface area contributed by atoms with Crippen LogP contribution in [-0.2, 0) is 21.3 Å². The lowest BCUT2D eigenvalue weighted by Crippen LogP contribution is -2.57. The maximum atomic E-state index is 13.8. The molecule has 0 saturated carbocycles. The number of aryl methyl sites for hydroxylation is 1. The Morgan fingerprint density at radius 1 is 1.17 bits per heavy atom. The van der Waals surface area contributed by atoms with E-state index in [4.69, 9.17) is 4.84 Å². The summed E-state index contributed by atoms with van der Waals surface area (Å²) >= 11 is 0. The number of hydrogen-bond donors (Lipinski definition) is 1. The first kappa shape index (κ1) is 23.4. The molecule has 0 amide bonds. The largest absolute Gasteiger partial charge is 0.392 e. The van der Waals surface area contributed by atoms with Crippen LogP contribution in [0, 0.1) is 18.6 Å². The molecule has 2 aromatic carbocycles. The Morgan fingerprint density at radius 3 is 2.63 bits per heavy atom. The summed E-state index contributed by atoms with van der Waals surface area (Å²) in [5.41, 5.74) is 2.90. The van der Waals surface area contributed by atoms with Crippen molar-refractivity contribution in [1.29, 1.82) is 0 Å². The molecule has 11 heteroatoms. The van der Waals surface area contributed by atoms with Gasteiger partial charge >= 0.3 is 0 Å². The Kier molecular flexibility index (Phi) is 6.06. The summed E-state index contributed by atoms with van der Waals surface area (Å²) in [6.45, 7) is 2.23. The molecule has 1 N–H and O–H groups in total. The number of imidazole rings is 1. The van der Waals surface area contributed by atoms with E-state index in [1.807, 2.05) is 34.7 Å². The van der Waals surface area contributed by atoms with E-state index in [-0.39, 0.29) is 18.1 Å². The second kappa shape index (κ2) is 9.04. The summed E-state index contributed by atoms with van der Waals surface area (Å²) in [5.74, 6) is -1.43. The van der Waals surface area contributed by atoms with Crippen LogP contribution in [-0.4, -0.2) is 58.3 Å². The zero-order valence-corrected chi connectivity index (χ0v) is 19.8. The van der Waals surface area contributed by atoms with E-state index in [0.29, 0.717) is 42.4 Å². The molecule has 0 aliphatic carbocycles. The van der Waals surface area contributed by atoms with Crippen molar-refractivity contribution in [1.82, 2.24) is 14.5 Å². The Hall–Kier alpha value is -3.31. The molecule has 2 aliphatic heterocycles. The van der Waals surface area contributed by atoms with Gasteiger partial charge in [0.05, 0.1) is 40.5 Å². The number of nitrogens with zero attached hydrogens (tertiary/aromatic N) is 4. The summed E-state index contributed by atoms with van der Waals surface area (Å²) in [6, 6.07) is 7.21. The Bertz CT molecular complexity index is 1390. The minimum atomic E-state index is -4.04. The summed E-state index contributed by atoms with van der Waals surface area (Å²) in [6.07, 6.45) is 4.40. The quantitative estimate of drug-likeness (QED) is 0.576. The number of aromatic nitrogens is 2. The van der Waals surface area contributed by atoms with Gasteiger partial charge in [-0.05, 0) is 50.1 Å². The summed E-state index contributed by atoms with van der Waals surface area (Å²) in [4.78, 5) is 11.2. The van der Waals surface area contributed by atoms with Gasteiger partial charge in [0.1, 0.15) is 18.2 Å². The smallest absolute Gasteiger partial charge is 0.183 e. The van der Waals surface area contributed by atoms with Crippen molar-refractivity contribution in [3.63, 3.8) is 0 Å². The molecule has 1 saturated heterocycles. The number of aliphatic hydroxyl groups excluding tert-OH is 1. The number of oxime groups is 1. The molecule has 1 fully saturated rings. The van der Waals surface area contributed by atoms with Gasteiger partial charge in [0.25, 0.3) is 0 Å². The fourth-order valence-corrected chi connectivity index (χ4v) is 6.83. The van der Waals surface area contributed by atoms with Gasteiger partial charge in [-0.1, -0.05) is 5.16 Å². The lowest BCUT2D eigenvalue weighted by atomic mass is 9.99. The maximum Gasteiger partial charge on any atom is 0.183 e. The zero-order chi connectivity index (χ0) is 24.7. The molecule has 0 radical (unpaired) electrons. The monoisotopic (exact) mass is 502 g/mol. The first-order chi connectivity index (χ1) is 16.8. The number of hydrogen-bond acceptors (Lipinski definition) is 7. The topological polar surface area (TPSA) is 97.0 Å². The van der Waals surface area contributed by atoms with Crippen molar-refractivity contribution in [2.45, 2.75) is 42.6 Å². The standard InChI is InChI=1S/C24H24F2N4O4S/c1-15-11-29(14-27-15)21-5-4-16(7-17(21)12-31)24-28-34-13-22-23(3-2-6-30(22)24)35(32,33)20-9-18(25)8-19(26)10-20/h4-5,7-11,14,22-23,31H,2-3,6,12-13H2,1H3. The molecule has 2 atom stereocenters. The minimum absolute atomic E-state index is 0.0322. The molecular formula is C24H24F2N4O4S. The van der Waals surface area contributed by atoms with Gasteiger partial charge < -0.3 is 19.4 Å². The molecular weight excluding hydrogens is 478 g/mol. The van der Waals surface area contributed by atoms with Crippen LogP contribution in [0.15, 0.2) is 59.0 Å². The highest BCUT2D eigenvalue weighted by Crippen LogP contribution is 2.33. The number of benzene rings is 2. The van der Waals surface area contributed by atoms with Gasteiger partial charge in [-0.25, -0.2) is 22.2 Å². The van der Waals surface area contributed by atoms with E-state index in [0.717, 1.165) is 23.5 Å². The predicted molar refractivity (Wildman–Crippen MR) is 124 cm³/mol. The molecule has 2 aliphatic rings. The Labute approximate surface area is 201 Å². The summed E-state index contributed by atoms with van der Waals surface area (Å²) in [7, 11) is -4.04. The molecule has 35 heavy (non-hydrogen) atoms. The third kappa shape index (κ3) is 4.30. The predicted octanol–water partition coefficient (Wildman–Crippen LogP) is 2.95. The van der Waals surface area contributed by atoms with Crippen LogP contribution < -0.4 is 0 Å². The maximum absolute atomic E-state index is 13.8. The van der Waals surface area contributed by atoms with E-state index < -0.39 is 32.8 Å². The van der Waals surface area contributed by atoms with Gasteiger partial charge in [-0.2, -0.15) is 0 Å². The Balaban J connectivity index is 1.48. The number of sulfone groups is 1. The van der Waals surface area contributed by atoms with Gasteiger partial charge in [0, 0.05) is 29.9 Å². The molecule has 3 heterocycles. The highest BCUT2D eigenvalue weighted by Gasteiger charge is 2.44. The number of aliphatic hydroxyl groups is 1. The highest BCUT2D eigenvalue weighted by molar-refractivity contribution is 7.92. The normalized spacial score (nSPS) is 20.2. The van der Waals surface area contributed by atoms with Crippen LogP contribution in [0.2, 0.25) is 0 Å². The third-order valence-corrected chi connectivity index (χ3v) is 8.69. The molecule has 0 spiro atoms. The van der Waals surface area contributed by atoms with Crippen molar-refractivity contribution < 1.29 is 27.1 Å². The van der Waals surface area contributed by atoms with Crippen LogP contribution in [0.3, 0.4) is 0 Å². The van der Waals surface area contributed by atoms with Crippen LogP contribution in [0.25, 0.3) is 5.69 Å². The fraction of sp³-hybridized carbons (Fsp3) is 0.333. The lowest BCUT2D eigenvalue weighted by molar-refractivity contribution is 0.0475. The molecule has 2 unspecified atom stereocenters. The van der Waals surface area contributed by atoms with Crippen LogP contribution in [0.4, 0.5) is 8.78 Å². The first-order valence-electron chi connectivity index (χ1n) is 11.2. The second-order valence-corrected chi connectivity index (χ2v) is 10.9. The number of fused-ring (bicyclic) bond motifs is 1. The minimum Gasteiger partial charge on any atom is -0.392 e. The average Bonchev–Trinajstić information content (AvgIpc) is 3.28. The summed E-state index contributed by atoms with van der Waals surface area (Å²) in [5, 5.41) is 13.3. The van der Waals surface area contributed by atoms with E-state index in [1.54, 1.807) is 12.4 Å². The van der Waals surface area contributed by atoms with Crippen molar-refractivity contribution >= 4 is 15.7 Å². The van der Waals surface area contributed by atoms with E-state index in [2.05, 4.69) is 10.1 Å². The number of amidine groups is 1. The van der Waals surface area contributed by atoms with Gasteiger partial charge in [0.15, 0.2) is 15.7 Å². The number of halogens is 2. The van der Waals surface area contributed by atoms with Crippen LogP contribution in [0.5, 0.6) is 0 Å². The molecule has 3 aromatic rings. The lowest BCUT2D eigenvalue weighted by Gasteiger charge is -2.43. The Morgan fingerprint density at radius 2 is 1.94 bits per heavy atom. The van der Waals surface area contributed by atoms with E-state index in [9.17, 15) is 22.3 Å². The first-order valence-corrected chi connectivity index (χ1v) is 12.7. The fourth-order valence-electron chi connectivity index (χ4n) is 4.81. The van der Waals surface area contributed by atoms with E-state index in [1.165, 1.54) is 0 Å². The van der Waals surface area contributed by atoms with Gasteiger partial charge in [-0.3, -0.25) is 0 Å². The third-order valence-electron chi connectivity index (χ3n) is 6.45. The highest BCUT2D eigenvalue weighted by atomic mass is 32.2. The molecule has 184 valence electrons. The molecule has 1 aromatic heterocycles.